The van der Waals surface area contributed by atoms with Crippen LogP contribution in [0.1, 0.15) is 11.1 Å². The van der Waals surface area contributed by atoms with E-state index in [9.17, 15) is 13.2 Å². The highest BCUT2D eigenvalue weighted by molar-refractivity contribution is 7.92. The Bertz CT molecular complexity index is 1170. The third-order valence-electron chi connectivity index (χ3n) is 4.75. The fraction of sp³-hybridized carbons (Fsp3) is 0.174. The Morgan fingerprint density at radius 3 is 2.19 bits per heavy atom. The molecule has 0 atom stereocenters. The molecule has 5 nitrogen and oxygen atoms in total. The highest BCUT2D eigenvalue weighted by Gasteiger charge is 2.29. The molecule has 0 saturated carbocycles. The average molecular weight is 477 g/mol. The van der Waals surface area contributed by atoms with Crippen LogP contribution in [0.4, 0.5) is 5.69 Å². The molecule has 31 heavy (non-hydrogen) atoms. The zero-order chi connectivity index (χ0) is 22.6. The lowest BCUT2D eigenvalue weighted by Crippen LogP contribution is -2.41. The zero-order valence-corrected chi connectivity index (χ0v) is 19.5. The Kier molecular flexibility index (Phi) is 7.26. The molecule has 3 aromatic carbocycles. The van der Waals surface area contributed by atoms with Crippen molar-refractivity contribution in [3.63, 3.8) is 0 Å². The summed E-state index contributed by atoms with van der Waals surface area (Å²) in [6.45, 7) is 1.94. The lowest BCUT2D eigenvalue weighted by Gasteiger charge is -2.27. The molecule has 3 aromatic rings. The van der Waals surface area contributed by atoms with Gasteiger partial charge in [-0.3, -0.25) is 9.10 Å². The van der Waals surface area contributed by atoms with E-state index >= 15 is 0 Å². The number of aryl methyl sites for hydroxylation is 1. The Morgan fingerprint density at radius 2 is 1.58 bits per heavy atom. The van der Waals surface area contributed by atoms with Gasteiger partial charge in [0.05, 0.1) is 15.6 Å². The molecule has 0 fully saturated rings. The van der Waals surface area contributed by atoms with Crippen LogP contribution in [0.25, 0.3) is 0 Å². The molecule has 0 aliphatic carbocycles. The predicted molar refractivity (Wildman–Crippen MR) is 125 cm³/mol. The third kappa shape index (κ3) is 5.58. The van der Waals surface area contributed by atoms with Crippen molar-refractivity contribution in [3.8, 4) is 0 Å². The summed E-state index contributed by atoms with van der Waals surface area (Å²) in [5.74, 6) is -0.369. The summed E-state index contributed by atoms with van der Waals surface area (Å²) >= 11 is 12.3. The van der Waals surface area contributed by atoms with E-state index in [0.717, 1.165) is 15.4 Å². The van der Waals surface area contributed by atoms with E-state index in [1.165, 1.54) is 35.2 Å². The number of anilines is 1. The van der Waals surface area contributed by atoms with E-state index in [1.54, 1.807) is 25.2 Å². The predicted octanol–water partition coefficient (Wildman–Crippen LogP) is 5.16. The Balaban J connectivity index is 1.92. The molecule has 8 heteroatoms. The monoisotopic (exact) mass is 476 g/mol. The summed E-state index contributed by atoms with van der Waals surface area (Å²) in [7, 11) is -2.40. The Morgan fingerprint density at radius 1 is 0.935 bits per heavy atom. The summed E-state index contributed by atoms with van der Waals surface area (Å²) in [5.41, 5.74) is 2.26. The van der Waals surface area contributed by atoms with Crippen molar-refractivity contribution < 1.29 is 13.2 Å². The number of nitrogens with zero attached hydrogens (tertiary/aromatic N) is 2. The minimum Gasteiger partial charge on any atom is -0.340 e. The van der Waals surface area contributed by atoms with E-state index in [-0.39, 0.29) is 21.5 Å². The quantitative estimate of drug-likeness (QED) is 0.473. The number of halogens is 2. The van der Waals surface area contributed by atoms with Gasteiger partial charge in [0, 0.05) is 18.6 Å². The highest BCUT2D eigenvalue weighted by atomic mass is 35.5. The molecule has 162 valence electrons. The molecule has 0 bridgehead atoms. The molecule has 0 aromatic heterocycles. The summed E-state index contributed by atoms with van der Waals surface area (Å²) in [6.07, 6.45) is 0. The van der Waals surface area contributed by atoms with Gasteiger partial charge in [-0.25, -0.2) is 8.42 Å². The lowest BCUT2D eigenvalue weighted by molar-refractivity contribution is -0.128. The second-order valence-electron chi connectivity index (χ2n) is 7.16. The van der Waals surface area contributed by atoms with Crippen molar-refractivity contribution in [2.75, 3.05) is 17.9 Å². The molecule has 0 heterocycles. The molecule has 0 unspecified atom stereocenters. The minimum absolute atomic E-state index is 0.0648. The number of benzene rings is 3. The number of likely N-dealkylation sites (N-methyl/N-ethyl adjacent to an activating group) is 1. The van der Waals surface area contributed by atoms with Crippen LogP contribution in [0.15, 0.2) is 77.7 Å². The van der Waals surface area contributed by atoms with Gasteiger partial charge >= 0.3 is 0 Å². The number of hydrogen-bond donors (Lipinski definition) is 0. The number of amides is 1. The molecular formula is C23H22Cl2N2O3S. The van der Waals surface area contributed by atoms with Gasteiger partial charge in [-0.15, -0.1) is 0 Å². The molecule has 0 aliphatic heterocycles. The van der Waals surface area contributed by atoms with E-state index in [2.05, 4.69) is 0 Å². The van der Waals surface area contributed by atoms with Crippen LogP contribution < -0.4 is 4.31 Å². The van der Waals surface area contributed by atoms with E-state index in [0.29, 0.717) is 11.6 Å². The van der Waals surface area contributed by atoms with Gasteiger partial charge in [0.25, 0.3) is 10.0 Å². The molecule has 0 aliphatic rings. The average Bonchev–Trinajstić information content (AvgIpc) is 2.74. The van der Waals surface area contributed by atoms with Crippen LogP contribution in [0, 0.1) is 6.92 Å². The standard InChI is InChI=1S/C23H22Cl2N2O3S/c1-17-8-10-18(11-9-17)15-26(2)23(28)16-27(22-13-12-19(24)14-21(22)25)31(29,30)20-6-4-3-5-7-20/h3-14H,15-16H2,1-2H3. The summed E-state index contributed by atoms with van der Waals surface area (Å²) in [6, 6.07) is 20.2. The van der Waals surface area contributed by atoms with Crippen molar-refractivity contribution >= 4 is 44.8 Å². The normalized spacial score (nSPS) is 11.2. The molecule has 1 amide bonds. The number of rotatable bonds is 7. The number of sulfonamides is 1. The maximum absolute atomic E-state index is 13.4. The van der Waals surface area contributed by atoms with Crippen molar-refractivity contribution in [2.45, 2.75) is 18.4 Å². The molecular weight excluding hydrogens is 455 g/mol. The van der Waals surface area contributed by atoms with E-state index in [4.69, 9.17) is 23.2 Å². The third-order valence-corrected chi connectivity index (χ3v) is 7.07. The van der Waals surface area contributed by atoms with Gasteiger partial charge in [0.2, 0.25) is 5.91 Å². The molecule has 0 spiro atoms. The zero-order valence-electron chi connectivity index (χ0n) is 17.1. The van der Waals surface area contributed by atoms with Crippen molar-refractivity contribution in [1.82, 2.24) is 4.90 Å². The fourth-order valence-corrected chi connectivity index (χ4v) is 5.02. The Hall–Kier alpha value is -2.54. The largest absolute Gasteiger partial charge is 0.340 e. The van der Waals surface area contributed by atoms with Crippen molar-refractivity contribution in [1.29, 1.82) is 0 Å². The Labute approximate surface area is 192 Å². The summed E-state index contributed by atoms with van der Waals surface area (Å²) < 4.78 is 27.8. The van der Waals surface area contributed by atoms with Crippen LogP contribution in [0.2, 0.25) is 10.0 Å². The molecule has 3 rings (SSSR count). The highest BCUT2D eigenvalue weighted by Crippen LogP contribution is 2.32. The molecule has 0 saturated heterocycles. The first-order chi connectivity index (χ1) is 14.7. The van der Waals surface area contributed by atoms with Crippen LogP contribution in [0.5, 0.6) is 0 Å². The maximum Gasteiger partial charge on any atom is 0.264 e. The fourth-order valence-electron chi connectivity index (χ4n) is 3.00. The van der Waals surface area contributed by atoms with Crippen molar-refractivity contribution in [2.24, 2.45) is 0 Å². The first-order valence-electron chi connectivity index (χ1n) is 9.51. The van der Waals surface area contributed by atoms with Crippen LogP contribution in [0.3, 0.4) is 0 Å². The molecule has 0 N–H and O–H groups in total. The molecule has 0 radical (unpaired) electrons. The minimum atomic E-state index is -4.04. The smallest absolute Gasteiger partial charge is 0.264 e. The number of carbonyl (C=O) groups excluding carboxylic acids is 1. The second kappa shape index (κ2) is 9.73. The first-order valence-corrected chi connectivity index (χ1v) is 11.7. The number of hydrogen-bond acceptors (Lipinski definition) is 3. The first kappa shape index (κ1) is 23.1. The van der Waals surface area contributed by atoms with Gasteiger partial charge in [0.1, 0.15) is 6.54 Å². The van der Waals surface area contributed by atoms with Crippen LogP contribution in [-0.2, 0) is 21.4 Å². The van der Waals surface area contributed by atoms with Crippen LogP contribution in [-0.4, -0.2) is 32.8 Å². The van der Waals surface area contributed by atoms with E-state index in [1.807, 2.05) is 31.2 Å². The number of carbonyl (C=O) groups is 1. The summed E-state index contributed by atoms with van der Waals surface area (Å²) in [4.78, 5) is 14.6. The lowest BCUT2D eigenvalue weighted by atomic mass is 10.1. The van der Waals surface area contributed by atoms with Gasteiger partial charge in [-0.1, -0.05) is 71.2 Å². The second-order valence-corrected chi connectivity index (χ2v) is 9.86. The van der Waals surface area contributed by atoms with Gasteiger partial charge in [0.15, 0.2) is 0 Å². The summed E-state index contributed by atoms with van der Waals surface area (Å²) in [5, 5.41) is 0.509. The SMILES string of the molecule is Cc1ccc(CN(C)C(=O)CN(c2ccc(Cl)cc2Cl)S(=O)(=O)c2ccccc2)cc1. The topological polar surface area (TPSA) is 57.7 Å². The van der Waals surface area contributed by atoms with Crippen molar-refractivity contribution in [3.05, 3.63) is 94.0 Å². The van der Waals surface area contributed by atoms with Gasteiger partial charge in [-0.2, -0.15) is 0 Å². The van der Waals surface area contributed by atoms with Crippen LogP contribution >= 0.6 is 23.2 Å². The van der Waals surface area contributed by atoms with Gasteiger partial charge < -0.3 is 4.90 Å². The maximum atomic E-state index is 13.4. The van der Waals surface area contributed by atoms with E-state index < -0.39 is 16.6 Å². The van der Waals surface area contributed by atoms with Gasteiger partial charge in [-0.05, 0) is 42.8 Å².